The molecular weight excluding hydrogens is 236 g/mol. The van der Waals surface area contributed by atoms with Crippen LogP contribution >= 0.6 is 0 Å². The molecule has 0 saturated heterocycles. The third-order valence-electron chi connectivity index (χ3n) is 3.91. The lowest BCUT2D eigenvalue weighted by Gasteiger charge is -2.22. The van der Waals surface area contributed by atoms with Gasteiger partial charge in [0.2, 0.25) is 0 Å². The molecule has 1 heterocycles. The Kier molecular flexibility index (Phi) is 4.05. The SMILES string of the molecule is CCc1ccc(C(O)C(C)n2cnc(C)c2C)cc1. The van der Waals surface area contributed by atoms with Crippen LogP contribution in [0.2, 0.25) is 0 Å². The van der Waals surface area contributed by atoms with E-state index in [1.165, 1.54) is 5.56 Å². The number of aliphatic hydroxyl groups is 1. The van der Waals surface area contributed by atoms with Gasteiger partial charge in [-0.25, -0.2) is 4.98 Å². The lowest BCUT2D eigenvalue weighted by Crippen LogP contribution is -2.15. The van der Waals surface area contributed by atoms with Crippen LogP contribution in [0.25, 0.3) is 0 Å². The van der Waals surface area contributed by atoms with Crippen LogP contribution in [0.15, 0.2) is 30.6 Å². The Morgan fingerprint density at radius 1 is 1.21 bits per heavy atom. The molecule has 0 aliphatic rings. The molecule has 19 heavy (non-hydrogen) atoms. The first-order valence-electron chi connectivity index (χ1n) is 6.81. The van der Waals surface area contributed by atoms with Crippen LogP contribution in [0, 0.1) is 13.8 Å². The van der Waals surface area contributed by atoms with Gasteiger partial charge in [-0.15, -0.1) is 0 Å². The van der Waals surface area contributed by atoms with Gasteiger partial charge in [-0.1, -0.05) is 31.2 Å². The lowest BCUT2D eigenvalue weighted by atomic mass is 10.0. The highest BCUT2D eigenvalue weighted by atomic mass is 16.3. The molecule has 0 saturated carbocycles. The Labute approximate surface area is 114 Å². The Morgan fingerprint density at radius 2 is 1.84 bits per heavy atom. The van der Waals surface area contributed by atoms with Crippen LogP contribution in [0.4, 0.5) is 0 Å². The van der Waals surface area contributed by atoms with Crippen LogP contribution in [0.3, 0.4) is 0 Å². The van der Waals surface area contributed by atoms with Gasteiger partial charge in [0, 0.05) is 5.69 Å². The first kappa shape index (κ1) is 13.8. The van der Waals surface area contributed by atoms with Crippen molar-refractivity contribution in [1.82, 2.24) is 9.55 Å². The van der Waals surface area contributed by atoms with Crippen LogP contribution < -0.4 is 0 Å². The topological polar surface area (TPSA) is 38.0 Å². The summed E-state index contributed by atoms with van der Waals surface area (Å²) >= 11 is 0. The van der Waals surface area contributed by atoms with E-state index in [0.29, 0.717) is 0 Å². The zero-order chi connectivity index (χ0) is 14.0. The third-order valence-corrected chi connectivity index (χ3v) is 3.91. The summed E-state index contributed by atoms with van der Waals surface area (Å²) in [5.74, 6) is 0. The van der Waals surface area contributed by atoms with Gasteiger partial charge in [-0.3, -0.25) is 0 Å². The van der Waals surface area contributed by atoms with Gasteiger partial charge < -0.3 is 9.67 Å². The zero-order valence-electron chi connectivity index (χ0n) is 12.1. The Hall–Kier alpha value is -1.61. The molecule has 0 bridgehead atoms. The van der Waals surface area contributed by atoms with E-state index in [0.717, 1.165) is 23.4 Å². The summed E-state index contributed by atoms with van der Waals surface area (Å²) in [6.07, 6.45) is 2.31. The molecule has 2 rings (SSSR count). The van der Waals surface area contributed by atoms with Gasteiger partial charge in [0.05, 0.1) is 24.2 Å². The van der Waals surface area contributed by atoms with Gasteiger partial charge in [0.15, 0.2) is 0 Å². The van der Waals surface area contributed by atoms with Gasteiger partial charge >= 0.3 is 0 Å². The molecule has 1 aromatic carbocycles. The summed E-state index contributed by atoms with van der Waals surface area (Å²) in [5, 5.41) is 10.5. The maximum Gasteiger partial charge on any atom is 0.0994 e. The van der Waals surface area contributed by atoms with Crippen LogP contribution in [-0.4, -0.2) is 14.7 Å². The third kappa shape index (κ3) is 2.71. The van der Waals surface area contributed by atoms with E-state index in [1.54, 1.807) is 6.33 Å². The maximum absolute atomic E-state index is 10.5. The van der Waals surface area contributed by atoms with Gasteiger partial charge in [-0.2, -0.15) is 0 Å². The Morgan fingerprint density at radius 3 is 2.32 bits per heavy atom. The second-order valence-electron chi connectivity index (χ2n) is 5.10. The van der Waals surface area contributed by atoms with Crippen molar-refractivity contribution in [3.05, 3.63) is 53.1 Å². The molecule has 102 valence electrons. The molecule has 1 N–H and O–H groups in total. The summed E-state index contributed by atoms with van der Waals surface area (Å²) < 4.78 is 2.04. The molecule has 2 unspecified atom stereocenters. The molecular formula is C16H22N2O. The summed E-state index contributed by atoms with van der Waals surface area (Å²) in [5.41, 5.74) is 4.37. The quantitative estimate of drug-likeness (QED) is 0.913. The van der Waals surface area contributed by atoms with E-state index >= 15 is 0 Å². The second kappa shape index (κ2) is 5.57. The molecule has 3 heteroatoms. The summed E-state index contributed by atoms with van der Waals surface area (Å²) in [6.45, 7) is 8.17. The molecule has 0 radical (unpaired) electrons. The van der Waals surface area contributed by atoms with E-state index < -0.39 is 6.10 Å². The molecule has 2 aromatic rings. The predicted octanol–water partition coefficient (Wildman–Crippen LogP) is 3.36. The van der Waals surface area contributed by atoms with E-state index in [4.69, 9.17) is 0 Å². The van der Waals surface area contributed by atoms with Crippen molar-refractivity contribution in [2.75, 3.05) is 0 Å². The summed E-state index contributed by atoms with van der Waals surface area (Å²) in [4.78, 5) is 4.29. The normalized spacial score (nSPS) is 14.4. The number of aliphatic hydroxyl groups excluding tert-OH is 1. The van der Waals surface area contributed by atoms with Crippen molar-refractivity contribution in [3.8, 4) is 0 Å². The Bertz CT molecular complexity index is 542. The van der Waals surface area contributed by atoms with Crippen LogP contribution in [-0.2, 0) is 6.42 Å². The minimum Gasteiger partial charge on any atom is -0.386 e. The molecule has 0 amide bonds. The van der Waals surface area contributed by atoms with Gasteiger partial charge in [0.1, 0.15) is 0 Å². The smallest absolute Gasteiger partial charge is 0.0994 e. The van der Waals surface area contributed by atoms with E-state index in [1.807, 2.05) is 37.5 Å². The molecule has 0 aliphatic carbocycles. The number of nitrogens with zero attached hydrogens (tertiary/aromatic N) is 2. The number of imidazole rings is 1. The number of hydrogen-bond donors (Lipinski definition) is 1. The standard InChI is InChI=1S/C16H22N2O/c1-5-14-6-8-15(9-7-14)16(19)13(4)18-10-17-11(2)12(18)3/h6-10,13,16,19H,5H2,1-4H3. The van der Waals surface area contributed by atoms with Crippen LogP contribution in [0.1, 0.15) is 48.5 Å². The molecule has 0 spiro atoms. The number of hydrogen-bond acceptors (Lipinski definition) is 2. The first-order chi connectivity index (χ1) is 9.04. The fourth-order valence-electron chi connectivity index (χ4n) is 2.31. The molecule has 0 fully saturated rings. The average molecular weight is 258 g/mol. The largest absolute Gasteiger partial charge is 0.386 e. The van der Waals surface area contributed by atoms with Gasteiger partial charge in [-0.05, 0) is 38.3 Å². The molecule has 3 nitrogen and oxygen atoms in total. The zero-order valence-corrected chi connectivity index (χ0v) is 12.1. The monoisotopic (exact) mass is 258 g/mol. The number of aromatic nitrogens is 2. The lowest BCUT2D eigenvalue weighted by molar-refractivity contribution is 0.121. The van der Waals surface area contributed by atoms with Crippen molar-refractivity contribution in [3.63, 3.8) is 0 Å². The molecule has 1 aromatic heterocycles. The van der Waals surface area contributed by atoms with E-state index in [2.05, 4.69) is 24.0 Å². The average Bonchev–Trinajstić information content (AvgIpc) is 2.77. The first-order valence-corrected chi connectivity index (χ1v) is 6.81. The van der Waals surface area contributed by atoms with Gasteiger partial charge in [0.25, 0.3) is 0 Å². The Balaban J connectivity index is 2.22. The number of benzene rings is 1. The minimum atomic E-state index is -0.516. The fourth-order valence-corrected chi connectivity index (χ4v) is 2.31. The maximum atomic E-state index is 10.5. The van der Waals surface area contributed by atoms with E-state index in [-0.39, 0.29) is 6.04 Å². The van der Waals surface area contributed by atoms with Crippen molar-refractivity contribution < 1.29 is 5.11 Å². The van der Waals surface area contributed by atoms with Crippen molar-refractivity contribution in [1.29, 1.82) is 0 Å². The fraction of sp³-hybridized carbons (Fsp3) is 0.438. The minimum absolute atomic E-state index is 0.0197. The molecule has 2 atom stereocenters. The second-order valence-corrected chi connectivity index (χ2v) is 5.10. The number of rotatable bonds is 4. The summed E-state index contributed by atoms with van der Waals surface area (Å²) in [6, 6.07) is 8.17. The highest BCUT2D eigenvalue weighted by molar-refractivity contribution is 5.25. The predicted molar refractivity (Wildman–Crippen MR) is 77.2 cm³/mol. The van der Waals surface area contributed by atoms with Crippen molar-refractivity contribution in [2.45, 2.75) is 46.3 Å². The van der Waals surface area contributed by atoms with Crippen molar-refractivity contribution >= 4 is 0 Å². The number of aryl methyl sites for hydroxylation is 2. The van der Waals surface area contributed by atoms with Crippen molar-refractivity contribution in [2.24, 2.45) is 0 Å². The highest BCUT2D eigenvalue weighted by Crippen LogP contribution is 2.27. The highest BCUT2D eigenvalue weighted by Gasteiger charge is 2.19. The molecule has 0 aliphatic heterocycles. The summed E-state index contributed by atoms with van der Waals surface area (Å²) in [7, 11) is 0. The van der Waals surface area contributed by atoms with Crippen LogP contribution in [0.5, 0.6) is 0 Å². The van der Waals surface area contributed by atoms with E-state index in [9.17, 15) is 5.11 Å².